The Bertz CT molecular complexity index is 613. The fourth-order valence-electron chi connectivity index (χ4n) is 1.96. The highest BCUT2D eigenvalue weighted by molar-refractivity contribution is 5.80. The molecule has 0 radical (unpaired) electrons. The number of ether oxygens (including phenoxy) is 3. The van der Waals surface area contributed by atoms with Gasteiger partial charge in [-0.25, -0.2) is 0 Å². The summed E-state index contributed by atoms with van der Waals surface area (Å²) in [4.78, 5) is 0. The summed E-state index contributed by atoms with van der Waals surface area (Å²) in [6.07, 6.45) is 1.46. The van der Waals surface area contributed by atoms with Crippen molar-refractivity contribution in [3.05, 3.63) is 53.2 Å². The van der Waals surface area contributed by atoms with Gasteiger partial charge in [-0.05, 0) is 12.1 Å². The van der Waals surface area contributed by atoms with Crippen LogP contribution in [0.25, 0.3) is 0 Å². The minimum atomic E-state index is 0.495. The van der Waals surface area contributed by atoms with E-state index in [2.05, 4.69) is 0 Å². The van der Waals surface area contributed by atoms with Crippen LogP contribution in [-0.2, 0) is 0 Å². The first-order valence-corrected chi connectivity index (χ1v) is 6.36. The molecule has 5 nitrogen and oxygen atoms in total. The van der Waals surface area contributed by atoms with Crippen molar-refractivity contribution < 1.29 is 18.9 Å². The highest BCUT2D eigenvalue weighted by Gasteiger charge is 2.14. The molecular weight excluding hydrogens is 270 g/mol. The topological polar surface area (TPSA) is 53.8 Å². The van der Waals surface area contributed by atoms with Crippen molar-refractivity contribution in [2.45, 2.75) is 0 Å². The molecule has 2 aromatic rings. The number of methoxy groups -OCH3 is 3. The lowest BCUT2D eigenvalue weighted by Crippen LogP contribution is -2.01. The predicted molar refractivity (Wildman–Crippen MR) is 81.0 cm³/mol. The van der Waals surface area contributed by atoms with Crippen molar-refractivity contribution in [2.75, 3.05) is 21.3 Å². The molecule has 0 atom stereocenters. The van der Waals surface area contributed by atoms with Crippen LogP contribution in [0.1, 0.15) is 5.56 Å². The number of nitrogens with zero attached hydrogens (tertiary/aromatic N) is 1. The lowest BCUT2D eigenvalue weighted by Gasteiger charge is -2.12. The Hall–Kier alpha value is -2.69. The van der Waals surface area contributed by atoms with Crippen molar-refractivity contribution in [1.29, 1.82) is 0 Å². The third kappa shape index (κ3) is 3.25. The molecule has 2 rings (SSSR count). The van der Waals surface area contributed by atoms with Crippen LogP contribution >= 0.6 is 0 Å². The van der Waals surface area contributed by atoms with Gasteiger partial charge in [0.15, 0.2) is 17.7 Å². The Labute approximate surface area is 123 Å². The number of benzene rings is 2. The van der Waals surface area contributed by atoms with Gasteiger partial charge in [-0.3, -0.25) is 0 Å². The zero-order valence-corrected chi connectivity index (χ0v) is 12.2. The average Bonchev–Trinajstić information content (AvgIpc) is 2.54. The summed E-state index contributed by atoms with van der Waals surface area (Å²) in [6.45, 7) is 0. The molecule has 0 spiro atoms. The first kappa shape index (κ1) is 14.7. The molecule has 5 heteroatoms. The van der Waals surface area contributed by atoms with Crippen LogP contribution < -0.4 is 14.2 Å². The van der Waals surface area contributed by atoms with E-state index in [0.29, 0.717) is 28.5 Å². The van der Waals surface area contributed by atoms with E-state index in [9.17, 15) is 5.21 Å². The first-order chi connectivity index (χ1) is 10.2. The van der Waals surface area contributed by atoms with E-state index >= 15 is 0 Å². The van der Waals surface area contributed by atoms with Crippen LogP contribution in [0.2, 0.25) is 0 Å². The molecule has 0 bridgehead atoms. The van der Waals surface area contributed by atoms with Crippen molar-refractivity contribution in [3.63, 3.8) is 0 Å². The van der Waals surface area contributed by atoms with Crippen LogP contribution in [0.15, 0.2) is 42.5 Å². The van der Waals surface area contributed by atoms with Gasteiger partial charge in [0.1, 0.15) is 0 Å². The second kappa shape index (κ2) is 6.65. The Kier molecular flexibility index (Phi) is 4.66. The molecule has 110 valence electrons. The van der Waals surface area contributed by atoms with Gasteiger partial charge in [0.25, 0.3) is 0 Å². The molecule has 0 saturated heterocycles. The number of rotatable bonds is 5. The summed E-state index contributed by atoms with van der Waals surface area (Å²) >= 11 is 0. The normalized spacial score (nSPS) is 11.1. The van der Waals surface area contributed by atoms with E-state index in [-0.39, 0.29) is 0 Å². The lowest BCUT2D eigenvalue weighted by molar-refractivity contribution is -0.354. The third-order valence-electron chi connectivity index (χ3n) is 2.96. The highest BCUT2D eigenvalue weighted by atomic mass is 16.5. The Balaban J connectivity index is 2.45. The van der Waals surface area contributed by atoms with Crippen molar-refractivity contribution in [2.24, 2.45) is 0 Å². The molecule has 0 aliphatic heterocycles. The van der Waals surface area contributed by atoms with Crippen LogP contribution in [0.4, 0.5) is 5.69 Å². The summed E-state index contributed by atoms with van der Waals surface area (Å²) < 4.78 is 16.6. The molecule has 0 N–H and O–H groups in total. The smallest absolute Gasteiger partial charge is 0.216 e. The van der Waals surface area contributed by atoms with E-state index in [4.69, 9.17) is 14.2 Å². The molecule has 21 heavy (non-hydrogen) atoms. The van der Waals surface area contributed by atoms with Crippen molar-refractivity contribution in [3.8, 4) is 17.2 Å². The number of para-hydroxylation sites is 1. The fraction of sp³-hybridized carbons (Fsp3) is 0.188. The van der Waals surface area contributed by atoms with Gasteiger partial charge >= 0.3 is 0 Å². The largest absolute Gasteiger partial charge is 0.618 e. The molecule has 0 heterocycles. The van der Waals surface area contributed by atoms with Gasteiger partial charge in [-0.1, -0.05) is 18.2 Å². The van der Waals surface area contributed by atoms with E-state index in [1.807, 2.05) is 18.2 Å². The molecule has 0 unspecified atom stereocenters. The van der Waals surface area contributed by atoms with Gasteiger partial charge in [-0.15, -0.1) is 0 Å². The monoisotopic (exact) mass is 287 g/mol. The maximum Gasteiger partial charge on any atom is 0.216 e. The van der Waals surface area contributed by atoms with Gasteiger partial charge in [-0.2, -0.15) is 4.74 Å². The Morgan fingerprint density at radius 2 is 1.48 bits per heavy atom. The number of hydrogen-bond donors (Lipinski definition) is 0. The zero-order chi connectivity index (χ0) is 15.2. The maximum absolute atomic E-state index is 12.1. The van der Waals surface area contributed by atoms with E-state index < -0.39 is 0 Å². The van der Waals surface area contributed by atoms with Crippen LogP contribution in [0, 0.1) is 5.21 Å². The molecule has 0 fully saturated rings. The summed E-state index contributed by atoms with van der Waals surface area (Å²) in [7, 11) is 4.61. The van der Waals surface area contributed by atoms with E-state index in [0.717, 1.165) is 4.74 Å². The minimum Gasteiger partial charge on any atom is -0.618 e. The molecule has 0 aliphatic rings. The molecule has 2 aromatic carbocycles. The minimum absolute atomic E-state index is 0.495. The summed E-state index contributed by atoms with van der Waals surface area (Å²) in [5.41, 5.74) is 1.20. The van der Waals surface area contributed by atoms with Gasteiger partial charge in [0, 0.05) is 17.7 Å². The predicted octanol–water partition coefficient (Wildman–Crippen LogP) is 2.97. The van der Waals surface area contributed by atoms with Gasteiger partial charge in [0.2, 0.25) is 11.4 Å². The zero-order valence-electron chi connectivity index (χ0n) is 12.2. The van der Waals surface area contributed by atoms with Crippen LogP contribution in [-0.4, -0.2) is 32.3 Å². The molecule has 0 aliphatic carbocycles. The maximum atomic E-state index is 12.1. The average molecular weight is 287 g/mol. The van der Waals surface area contributed by atoms with Gasteiger partial charge < -0.3 is 19.4 Å². The van der Waals surface area contributed by atoms with Crippen LogP contribution in [0.5, 0.6) is 17.2 Å². The van der Waals surface area contributed by atoms with Gasteiger partial charge in [0.05, 0.1) is 21.3 Å². The fourth-order valence-corrected chi connectivity index (χ4v) is 1.96. The van der Waals surface area contributed by atoms with E-state index in [1.54, 1.807) is 24.3 Å². The summed E-state index contributed by atoms with van der Waals surface area (Å²) in [6, 6.07) is 12.4. The molecule has 0 saturated carbocycles. The molecular formula is C16H17NO4. The van der Waals surface area contributed by atoms with E-state index in [1.165, 1.54) is 27.5 Å². The second-order valence-electron chi connectivity index (χ2n) is 4.25. The highest BCUT2D eigenvalue weighted by Crippen LogP contribution is 2.37. The van der Waals surface area contributed by atoms with Crippen molar-refractivity contribution in [1.82, 2.24) is 0 Å². The molecule has 0 amide bonds. The lowest BCUT2D eigenvalue weighted by atomic mass is 10.2. The Morgan fingerprint density at radius 3 is 1.95 bits per heavy atom. The summed E-state index contributed by atoms with van der Waals surface area (Å²) in [5.74, 6) is 1.50. The third-order valence-corrected chi connectivity index (χ3v) is 2.96. The first-order valence-electron chi connectivity index (χ1n) is 6.36. The SMILES string of the molecule is COc1cc(/C=[N+](\[O-])c2ccccc2)cc(OC)c1OC. The van der Waals surface area contributed by atoms with Crippen molar-refractivity contribution >= 4 is 11.9 Å². The number of hydrogen-bond acceptors (Lipinski definition) is 4. The second-order valence-corrected chi connectivity index (χ2v) is 4.25. The quantitative estimate of drug-likeness (QED) is 0.367. The van der Waals surface area contributed by atoms with Crippen LogP contribution in [0.3, 0.4) is 0 Å². The summed E-state index contributed by atoms with van der Waals surface area (Å²) in [5, 5.41) is 12.1. The molecule has 0 aromatic heterocycles. The Morgan fingerprint density at radius 1 is 0.905 bits per heavy atom. The standard InChI is InChI=1S/C16H17NO4/c1-19-14-9-12(10-15(20-2)16(14)21-3)11-17(18)13-7-5-4-6-8-13/h4-11H,1-3H3/b17-11-.